The topological polar surface area (TPSA) is 47.8 Å². The number of hydrogen-bond donors (Lipinski definition) is 0. The third-order valence-corrected chi connectivity index (χ3v) is 1.86. The van der Waals surface area contributed by atoms with E-state index in [1.807, 2.05) is 18.2 Å². The predicted octanol–water partition coefficient (Wildman–Crippen LogP) is 1.14. The van der Waals surface area contributed by atoms with Crippen LogP contribution in [0.5, 0.6) is 0 Å². The summed E-state index contributed by atoms with van der Waals surface area (Å²) in [5.41, 5.74) is 1.79. The zero-order valence-electron chi connectivity index (χ0n) is 7.50. The van der Waals surface area contributed by atoms with Crippen LogP contribution >= 0.6 is 0 Å². The first-order valence-electron chi connectivity index (χ1n) is 4.27. The van der Waals surface area contributed by atoms with Crippen LogP contribution in [0.15, 0.2) is 36.8 Å². The van der Waals surface area contributed by atoms with E-state index in [1.165, 1.54) is 0 Å². The number of carbonyl (C=O) groups excluding carboxylic acids is 1. The highest BCUT2D eigenvalue weighted by molar-refractivity contribution is 5.57. The Bertz CT molecular complexity index is 422. The van der Waals surface area contributed by atoms with E-state index >= 15 is 0 Å². The van der Waals surface area contributed by atoms with Crippen LogP contribution in [0.2, 0.25) is 0 Å². The second kappa shape index (κ2) is 3.83. The van der Waals surface area contributed by atoms with Crippen LogP contribution in [0.4, 0.5) is 0 Å². The number of carbonyl (C=O) groups is 1. The molecule has 0 aromatic carbocycles. The average Bonchev–Trinajstić information content (AvgIpc) is 2.68. The van der Waals surface area contributed by atoms with Crippen molar-refractivity contribution in [2.45, 2.75) is 6.54 Å². The fourth-order valence-electron chi connectivity index (χ4n) is 1.21. The van der Waals surface area contributed by atoms with Crippen molar-refractivity contribution in [3.05, 3.63) is 36.8 Å². The molecule has 2 aromatic heterocycles. The van der Waals surface area contributed by atoms with Crippen LogP contribution < -0.4 is 0 Å². The highest BCUT2D eigenvalue weighted by Gasteiger charge is 2.00. The van der Waals surface area contributed by atoms with Gasteiger partial charge in [0.05, 0.1) is 18.4 Å². The van der Waals surface area contributed by atoms with Gasteiger partial charge >= 0.3 is 0 Å². The molecule has 0 spiro atoms. The number of aldehydes is 1. The molecule has 0 aliphatic carbocycles. The molecule has 2 aromatic rings. The molecule has 0 bridgehead atoms. The molecule has 0 aliphatic heterocycles. The average molecular weight is 187 g/mol. The van der Waals surface area contributed by atoms with Crippen LogP contribution in [0.1, 0.15) is 0 Å². The molecule has 70 valence electrons. The Morgan fingerprint density at radius 1 is 1.43 bits per heavy atom. The minimum atomic E-state index is 0.285. The Labute approximate surface area is 81.2 Å². The normalized spacial score (nSPS) is 10.0. The van der Waals surface area contributed by atoms with Crippen molar-refractivity contribution in [2.75, 3.05) is 0 Å². The molecule has 14 heavy (non-hydrogen) atoms. The molecule has 0 amide bonds. The van der Waals surface area contributed by atoms with Gasteiger partial charge in [0.15, 0.2) is 0 Å². The highest BCUT2D eigenvalue weighted by atomic mass is 16.1. The molecular weight excluding hydrogens is 178 g/mol. The minimum Gasteiger partial charge on any atom is -0.301 e. The summed E-state index contributed by atoms with van der Waals surface area (Å²) in [6.45, 7) is 0.285. The summed E-state index contributed by atoms with van der Waals surface area (Å²) in [6, 6.07) is 5.68. The van der Waals surface area contributed by atoms with E-state index in [0.717, 1.165) is 17.5 Å². The van der Waals surface area contributed by atoms with Gasteiger partial charge in [0.1, 0.15) is 6.29 Å². The second-order valence-electron chi connectivity index (χ2n) is 2.83. The van der Waals surface area contributed by atoms with Gasteiger partial charge < -0.3 is 4.79 Å². The molecule has 0 saturated heterocycles. The lowest BCUT2D eigenvalue weighted by Crippen LogP contribution is -1.97. The Kier molecular flexibility index (Phi) is 2.36. The maximum atomic E-state index is 10.2. The van der Waals surface area contributed by atoms with Crippen LogP contribution in [0.25, 0.3) is 11.3 Å². The molecule has 0 atom stereocenters. The SMILES string of the molecule is O=CCn1cc(-c2ccccn2)cn1. The van der Waals surface area contributed by atoms with E-state index in [9.17, 15) is 4.79 Å². The Morgan fingerprint density at radius 3 is 3.07 bits per heavy atom. The third-order valence-electron chi connectivity index (χ3n) is 1.86. The third kappa shape index (κ3) is 1.69. The van der Waals surface area contributed by atoms with Gasteiger partial charge in [-0.25, -0.2) is 0 Å². The number of nitrogens with zero attached hydrogens (tertiary/aromatic N) is 3. The van der Waals surface area contributed by atoms with Gasteiger partial charge in [-0.3, -0.25) is 9.67 Å². The molecule has 4 nitrogen and oxygen atoms in total. The molecule has 0 radical (unpaired) electrons. The minimum absolute atomic E-state index is 0.285. The Morgan fingerprint density at radius 2 is 2.36 bits per heavy atom. The van der Waals surface area contributed by atoms with E-state index in [0.29, 0.717) is 0 Å². The number of rotatable bonds is 3. The van der Waals surface area contributed by atoms with E-state index in [1.54, 1.807) is 23.3 Å². The van der Waals surface area contributed by atoms with Gasteiger partial charge in [-0.1, -0.05) is 6.07 Å². The lowest BCUT2D eigenvalue weighted by atomic mass is 10.2. The summed E-state index contributed by atoms with van der Waals surface area (Å²) in [5, 5.41) is 4.03. The molecule has 2 heterocycles. The summed E-state index contributed by atoms with van der Waals surface area (Å²) in [5.74, 6) is 0. The van der Waals surface area contributed by atoms with Gasteiger partial charge in [0.2, 0.25) is 0 Å². The van der Waals surface area contributed by atoms with Crippen LogP contribution in [0, 0.1) is 0 Å². The summed E-state index contributed by atoms with van der Waals surface area (Å²) in [7, 11) is 0. The lowest BCUT2D eigenvalue weighted by molar-refractivity contribution is -0.108. The van der Waals surface area contributed by atoms with Crippen LogP contribution in [0.3, 0.4) is 0 Å². The summed E-state index contributed by atoms with van der Waals surface area (Å²) >= 11 is 0. The molecule has 0 saturated carbocycles. The molecule has 0 aliphatic rings. The first-order valence-corrected chi connectivity index (χ1v) is 4.27. The second-order valence-corrected chi connectivity index (χ2v) is 2.83. The molecule has 0 N–H and O–H groups in total. The van der Waals surface area contributed by atoms with E-state index in [4.69, 9.17) is 0 Å². The molecule has 2 rings (SSSR count). The zero-order valence-corrected chi connectivity index (χ0v) is 7.50. The lowest BCUT2D eigenvalue weighted by Gasteiger charge is -1.93. The number of hydrogen-bond acceptors (Lipinski definition) is 3. The largest absolute Gasteiger partial charge is 0.301 e. The van der Waals surface area contributed by atoms with Crippen molar-refractivity contribution in [3.63, 3.8) is 0 Å². The number of pyridine rings is 1. The van der Waals surface area contributed by atoms with Gasteiger partial charge in [-0.15, -0.1) is 0 Å². The van der Waals surface area contributed by atoms with Crippen molar-refractivity contribution in [2.24, 2.45) is 0 Å². The molecule has 0 unspecified atom stereocenters. The maximum absolute atomic E-state index is 10.2. The smallest absolute Gasteiger partial charge is 0.141 e. The number of aromatic nitrogens is 3. The van der Waals surface area contributed by atoms with E-state index < -0.39 is 0 Å². The Balaban J connectivity index is 2.29. The Hall–Kier alpha value is -1.97. The summed E-state index contributed by atoms with van der Waals surface area (Å²) in [4.78, 5) is 14.4. The van der Waals surface area contributed by atoms with Crippen molar-refractivity contribution in [1.82, 2.24) is 14.8 Å². The molecule has 4 heteroatoms. The van der Waals surface area contributed by atoms with Gasteiger partial charge in [0, 0.05) is 18.0 Å². The molecular formula is C10H9N3O. The van der Waals surface area contributed by atoms with Crippen molar-refractivity contribution < 1.29 is 4.79 Å². The van der Waals surface area contributed by atoms with Crippen molar-refractivity contribution in [1.29, 1.82) is 0 Å². The first kappa shape index (κ1) is 8.62. The molecule has 0 fully saturated rings. The quantitative estimate of drug-likeness (QED) is 0.677. The van der Waals surface area contributed by atoms with Crippen LogP contribution in [-0.2, 0) is 11.3 Å². The van der Waals surface area contributed by atoms with E-state index in [2.05, 4.69) is 10.1 Å². The zero-order chi connectivity index (χ0) is 9.80. The summed E-state index contributed by atoms with van der Waals surface area (Å²) in [6.07, 6.45) is 6.05. The fraction of sp³-hybridized carbons (Fsp3) is 0.100. The van der Waals surface area contributed by atoms with E-state index in [-0.39, 0.29) is 6.54 Å². The van der Waals surface area contributed by atoms with Crippen molar-refractivity contribution in [3.8, 4) is 11.3 Å². The van der Waals surface area contributed by atoms with Crippen molar-refractivity contribution >= 4 is 6.29 Å². The summed E-state index contributed by atoms with van der Waals surface area (Å²) < 4.78 is 1.58. The van der Waals surface area contributed by atoms with Gasteiger partial charge in [-0.2, -0.15) is 5.10 Å². The monoisotopic (exact) mass is 187 g/mol. The van der Waals surface area contributed by atoms with Crippen LogP contribution in [-0.4, -0.2) is 21.1 Å². The predicted molar refractivity (Wildman–Crippen MR) is 51.5 cm³/mol. The highest BCUT2D eigenvalue weighted by Crippen LogP contribution is 2.14. The first-order chi connectivity index (χ1) is 6.90. The van der Waals surface area contributed by atoms with Gasteiger partial charge in [-0.05, 0) is 12.1 Å². The van der Waals surface area contributed by atoms with Gasteiger partial charge in [0.25, 0.3) is 0 Å². The fourth-order valence-corrected chi connectivity index (χ4v) is 1.21. The standard InChI is InChI=1S/C10H9N3O/c14-6-5-13-8-9(7-12-13)10-3-1-2-4-11-10/h1-4,6-8H,5H2. The maximum Gasteiger partial charge on any atom is 0.141 e.